The van der Waals surface area contributed by atoms with E-state index < -0.39 is 6.29 Å². The third-order valence-electron chi connectivity index (χ3n) is 7.91. The third kappa shape index (κ3) is 9.51. The Hall–Kier alpha value is -3.96. The molecule has 0 heterocycles. The molecule has 0 amide bonds. The predicted octanol–water partition coefficient (Wildman–Crippen LogP) is 10.4. The maximum absolute atomic E-state index is 6.48. The molecule has 5 nitrogen and oxygen atoms in total. The van der Waals surface area contributed by atoms with Crippen LogP contribution in [0.3, 0.4) is 0 Å². The van der Waals surface area contributed by atoms with Gasteiger partial charge in [-0.3, -0.25) is 0 Å². The summed E-state index contributed by atoms with van der Waals surface area (Å²) in [6.45, 7) is 16.5. The van der Waals surface area contributed by atoms with Gasteiger partial charge < -0.3 is 23.7 Å². The lowest BCUT2D eigenvalue weighted by Crippen LogP contribution is -2.24. The van der Waals surface area contributed by atoms with Crippen molar-refractivity contribution >= 4 is 0 Å². The number of ether oxygens (including phenoxy) is 5. The van der Waals surface area contributed by atoms with E-state index in [1.807, 2.05) is 49.4 Å². The summed E-state index contributed by atoms with van der Waals surface area (Å²) < 4.78 is 29.6. The molecule has 0 aromatic heterocycles. The van der Waals surface area contributed by atoms with Crippen LogP contribution in [0, 0.1) is 10.8 Å². The lowest BCUT2D eigenvalue weighted by atomic mass is 9.69. The molecule has 0 N–H and O–H groups in total. The van der Waals surface area contributed by atoms with Crippen molar-refractivity contribution in [3.05, 3.63) is 96.6 Å². The molecular weight excluding hydrogens is 560 g/mol. The van der Waals surface area contributed by atoms with Gasteiger partial charge in [0, 0.05) is 11.1 Å². The molecule has 4 rings (SSSR count). The van der Waals surface area contributed by atoms with E-state index in [2.05, 4.69) is 90.1 Å². The van der Waals surface area contributed by atoms with E-state index in [4.69, 9.17) is 23.7 Å². The predicted molar refractivity (Wildman–Crippen MR) is 185 cm³/mol. The van der Waals surface area contributed by atoms with Gasteiger partial charge in [-0.25, -0.2) is 0 Å². The van der Waals surface area contributed by atoms with Crippen molar-refractivity contribution in [2.75, 3.05) is 27.4 Å². The second-order valence-corrected chi connectivity index (χ2v) is 13.8. The largest absolute Gasteiger partial charge is 0.497 e. The van der Waals surface area contributed by atoms with Crippen molar-refractivity contribution in [3.8, 4) is 45.3 Å². The van der Waals surface area contributed by atoms with Gasteiger partial charge >= 0.3 is 0 Å². The van der Waals surface area contributed by atoms with Crippen LogP contribution in [-0.2, 0) is 4.74 Å². The van der Waals surface area contributed by atoms with Gasteiger partial charge in [0.1, 0.15) is 29.6 Å². The Labute approximate surface area is 270 Å². The van der Waals surface area contributed by atoms with Crippen molar-refractivity contribution in [1.82, 2.24) is 0 Å². The van der Waals surface area contributed by atoms with Gasteiger partial charge in [-0.15, -0.1) is 0 Å². The van der Waals surface area contributed by atoms with Gasteiger partial charge in [0.15, 0.2) is 6.29 Å². The highest BCUT2D eigenvalue weighted by atomic mass is 16.7. The highest BCUT2D eigenvalue weighted by Crippen LogP contribution is 2.44. The topological polar surface area (TPSA) is 46.2 Å². The van der Waals surface area contributed by atoms with Crippen molar-refractivity contribution in [1.29, 1.82) is 0 Å². The molecule has 0 aliphatic rings. The fourth-order valence-corrected chi connectivity index (χ4v) is 5.63. The van der Waals surface area contributed by atoms with Gasteiger partial charge in [-0.1, -0.05) is 96.1 Å². The van der Waals surface area contributed by atoms with Crippen LogP contribution in [0.4, 0.5) is 0 Å². The van der Waals surface area contributed by atoms with Crippen LogP contribution in [-0.4, -0.2) is 33.7 Å². The van der Waals surface area contributed by atoms with Gasteiger partial charge in [0.2, 0.25) is 0 Å². The zero-order valence-corrected chi connectivity index (χ0v) is 28.5. The van der Waals surface area contributed by atoms with Gasteiger partial charge in [0.05, 0.1) is 20.8 Å². The minimum absolute atomic E-state index is 0.170. The molecule has 2 atom stereocenters. The fourth-order valence-electron chi connectivity index (χ4n) is 5.63. The summed E-state index contributed by atoms with van der Waals surface area (Å²) in [4.78, 5) is 0. The maximum atomic E-state index is 6.48. The Morgan fingerprint density at radius 1 is 0.622 bits per heavy atom. The van der Waals surface area contributed by atoms with Crippen molar-refractivity contribution in [3.63, 3.8) is 0 Å². The SMILES string of the molecule is COc1cccc(-c2cccc(-c3cccc(OC)c3)c2OCCOC(C)Oc2ccc(C(CC(C)(C)C)C(C)(C)C)cc2)c1. The lowest BCUT2D eigenvalue weighted by molar-refractivity contribution is -0.0738. The van der Waals surface area contributed by atoms with Crippen LogP contribution in [0.5, 0.6) is 23.0 Å². The molecule has 2 unspecified atom stereocenters. The molecule has 5 heteroatoms. The van der Waals surface area contributed by atoms with E-state index in [1.165, 1.54) is 5.56 Å². The Morgan fingerprint density at radius 2 is 1.16 bits per heavy atom. The zero-order valence-electron chi connectivity index (χ0n) is 28.5. The van der Waals surface area contributed by atoms with Crippen molar-refractivity contribution in [2.45, 2.75) is 67.1 Å². The summed E-state index contributed by atoms with van der Waals surface area (Å²) in [7, 11) is 3.35. The van der Waals surface area contributed by atoms with Gasteiger partial charge in [-0.05, 0) is 83.2 Å². The van der Waals surface area contributed by atoms with Crippen LogP contribution < -0.4 is 18.9 Å². The highest BCUT2D eigenvalue weighted by Gasteiger charge is 2.30. The molecule has 0 radical (unpaired) electrons. The minimum atomic E-state index is -0.432. The molecule has 0 fully saturated rings. The number of benzene rings is 4. The fraction of sp³-hybridized carbons (Fsp3) is 0.400. The smallest absolute Gasteiger partial charge is 0.197 e. The highest BCUT2D eigenvalue weighted by molar-refractivity contribution is 5.83. The average Bonchev–Trinajstić information content (AvgIpc) is 3.01. The second kappa shape index (κ2) is 14.9. The number of hydrogen-bond acceptors (Lipinski definition) is 5. The van der Waals surface area contributed by atoms with E-state index in [9.17, 15) is 0 Å². The van der Waals surface area contributed by atoms with E-state index >= 15 is 0 Å². The van der Waals surface area contributed by atoms with Crippen LogP contribution >= 0.6 is 0 Å². The summed E-state index contributed by atoms with van der Waals surface area (Å²) >= 11 is 0. The van der Waals surface area contributed by atoms with Crippen molar-refractivity contribution in [2.24, 2.45) is 10.8 Å². The Morgan fingerprint density at radius 3 is 1.64 bits per heavy atom. The molecule has 0 saturated heterocycles. The summed E-state index contributed by atoms with van der Waals surface area (Å²) in [5, 5.41) is 0. The summed E-state index contributed by atoms with van der Waals surface area (Å²) in [5.74, 6) is 3.60. The summed E-state index contributed by atoms with van der Waals surface area (Å²) in [5.41, 5.74) is 5.72. The monoisotopic (exact) mass is 610 g/mol. The third-order valence-corrected chi connectivity index (χ3v) is 7.91. The van der Waals surface area contributed by atoms with E-state index in [0.717, 1.165) is 51.7 Å². The normalized spacial score (nSPS) is 13.2. The number of rotatable bonds is 13. The molecule has 4 aromatic rings. The second-order valence-electron chi connectivity index (χ2n) is 13.8. The molecule has 45 heavy (non-hydrogen) atoms. The molecular formula is C40H50O5. The number of methoxy groups -OCH3 is 2. The number of hydrogen-bond donors (Lipinski definition) is 0. The summed E-state index contributed by atoms with van der Waals surface area (Å²) in [6.07, 6.45) is 0.690. The molecule has 0 spiro atoms. The van der Waals surface area contributed by atoms with Crippen LogP contribution in [0.2, 0.25) is 0 Å². The average molecular weight is 611 g/mol. The molecule has 0 aliphatic heterocycles. The zero-order chi connectivity index (χ0) is 32.6. The minimum Gasteiger partial charge on any atom is -0.497 e. The Kier molecular flexibility index (Phi) is 11.2. The van der Waals surface area contributed by atoms with Crippen LogP contribution in [0.1, 0.15) is 66.4 Å². The first-order valence-corrected chi connectivity index (χ1v) is 15.8. The quantitative estimate of drug-likeness (QED) is 0.111. The Bertz CT molecular complexity index is 1450. The van der Waals surface area contributed by atoms with E-state index in [-0.39, 0.29) is 10.8 Å². The first kappa shape index (κ1) is 33.9. The molecule has 0 saturated carbocycles. The lowest BCUT2D eigenvalue weighted by Gasteiger charge is -2.36. The maximum Gasteiger partial charge on any atom is 0.197 e. The summed E-state index contributed by atoms with van der Waals surface area (Å²) in [6, 6.07) is 30.7. The molecule has 0 bridgehead atoms. The standard InChI is InChI=1S/C40H50O5/c1-28(45-32-21-19-29(20-22-32)37(40(5,6)7)27-39(2,3)4)43-23-24-44-38-35(30-13-10-15-33(25-30)41-8)17-12-18-36(38)31-14-11-16-34(26-31)42-9/h10-22,25-26,28,37H,23-24,27H2,1-9H3. The first-order chi connectivity index (χ1) is 21.4. The van der Waals surface area contributed by atoms with Gasteiger partial charge in [0.25, 0.3) is 0 Å². The van der Waals surface area contributed by atoms with E-state index in [1.54, 1.807) is 14.2 Å². The molecule has 240 valence electrons. The van der Waals surface area contributed by atoms with Gasteiger partial charge in [-0.2, -0.15) is 0 Å². The molecule has 0 aliphatic carbocycles. The Balaban J connectivity index is 1.45. The molecule has 4 aromatic carbocycles. The first-order valence-electron chi connectivity index (χ1n) is 15.8. The van der Waals surface area contributed by atoms with E-state index in [0.29, 0.717) is 19.1 Å². The van der Waals surface area contributed by atoms with Crippen molar-refractivity contribution < 1.29 is 23.7 Å². The van der Waals surface area contributed by atoms with Crippen LogP contribution in [0.15, 0.2) is 91.0 Å². The number of para-hydroxylation sites is 1. The van der Waals surface area contributed by atoms with Crippen LogP contribution in [0.25, 0.3) is 22.3 Å².